The second kappa shape index (κ2) is 9.02. The van der Waals surface area contributed by atoms with Gasteiger partial charge in [-0.25, -0.2) is 0 Å². The van der Waals surface area contributed by atoms with Gasteiger partial charge in [0.05, 0.1) is 0 Å². The number of nitrogens with zero attached hydrogens (tertiary/aromatic N) is 1. The molecule has 0 saturated carbocycles. The molecule has 0 atom stereocenters. The highest BCUT2D eigenvalue weighted by atomic mass is 35.5. The summed E-state index contributed by atoms with van der Waals surface area (Å²) in [5.74, 6) is 0. The van der Waals surface area contributed by atoms with Crippen molar-refractivity contribution in [3.63, 3.8) is 0 Å². The lowest BCUT2D eigenvalue weighted by Gasteiger charge is -2.25. The summed E-state index contributed by atoms with van der Waals surface area (Å²) in [6, 6.07) is 33.8. The van der Waals surface area contributed by atoms with Crippen LogP contribution in [0.5, 0.6) is 0 Å². The van der Waals surface area contributed by atoms with E-state index >= 15 is 0 Å². The van der Waals surface area contributed by atoms with Crippen LogP contribution in [-0.2, 0) is 0 Å². The molecule has 0 aromatic heterocycles. The van der Waals surface area contributed by atoms with Gasteiger partial charge in [-0.3, -0.25) is 0 Å². The van der Waals surface area contributed by atoms with Crippen LogP contribution in [0.3, 0.4) is 0 Å². The first-order valence-corrected chi connectivity index (χ1v) is 10.4. The average molecular weight is 410 g/mol. The van der Waals surface area contributed by atoms with Crippen LogP contribution in [0.4, 0.5) is 17.1 Å². The van der Waals surface area contributed by atoms with Crippen LogP contribution in [-0.4, -0.2) is 0 Å². The molecule has 0 unspecified atom stereocenters. The molecule has 0 radical (unpaired) electrons. The normalized spacial score (nSPS) is 11.0. The van der Waals surface area contributed by atoms with Crippen LogP contribution in [0.1, 0.15) is 22.3 Å². The maximum absolute atomic E-state index is 5.97. The van der Waals surface area contributed by atoms with E-state index in [2.05, 4.69) is 104 Å². The summed E-state index contributed by atoms with van der Waals surface area (Å²) < 4.78 is 0. The molecule has 148 valence electrons. The minimum Gasteiger partial charge on any atom is -0.311 e. The highest BCUT2D eigenvalue weighted by molar-refractivity contribution is 6.30. The molecule has 0 aliphatic rings. The topological polar surface area (TPSA) is 3.24 Å². The fourth-order valence-corrected chi connectivity index (χ4v) is 3.46. The summed E-state index contributed by atoms with van der Waals surface area (Å²) in [4.78, 5) is 2.28. The predicted molar refractivity (Wildman–Crippen MR) is 131 cm³/mol. The number of hydrogen-bond donors (Lipinski definition) is 0. The molecule has 30 heavy (non-hydrogen) atoms. The summed E-state index contributed by atoms with van der Waals surface area (Å²) in [5.41, 5.74) is 8.22. The van der Waals surface area contributed by atoms with Gasteiger partial charge in [-0.1, -0.05) is 83.4 Å². The van der Waals surface area contributed by atoms with Gasteiger partial charge >= 0.3 is 0 Å². The lowest BCUT2D eigenvalue weighted by Crippen LogP contribution is -2.09. The van der Waals surface area contributed by atoms with Crippen molar-refractivity contribution in [1.82, 2.24) is 0 Å². The number of aryl methyl sites for hydroxylation is 2. The molecular formula is C28H24ClN. The zero-order valence-electron chi connectivity index (χ0n) is 17.2. The molecule has 0 heterocycles. The van der Waals surface area contributed by atoms with Crippen LogP contribution in [0.2, 0.25) is 5.02 Å². The van der Waals surface area contributed by atoms with Crippen LogP contribution >= 0.6 is 11.6 Å². The molecule has 4 aromatic carbocycles. The number of halogens is 1. The van der Waals surface area contributed by atoms with Crippen LogP contribution in [0.15, 0.2) is 97.1 Å². The minimum atomic E-state index is 0.754. The third-order valence-electron chi connectivity index (χ3n) is 5.07. The zero-order chi connectivity index (χ0) is 20.9. The second-order valence-corrected chi connectivity index (χ2v) is 7.92. The van der Waals surface area contributed by atoms with Crippen molar-refractivity contribution in [2.24, 2.45) is 0 Å². The van der Waals surface area contributed by atoms with Crippen molar-refractivity contribution in [1.29, 1.82) is 0 Å². The monoisotopic (exact) mass is 409 g/mol. The van der Waals surface area contributed by atoms with Crippen molar-refractivity contribution in [3.05, 3.63) is 124 Å². The summed E-state index contributed by atoms with van der Waals surface area (Å²) in [5, 5.41) is 0.754. The van der Waals surface area contributed by atoms with Gasteiger partial charge in [-0.05, 0) is 73.5 Å². The maximum atomic E-state index is 5.97. The lowest BCUT2D eigenvalue weighted by molar-refractivity contribution is 1.27. The van der Waals surface area contributed by atoms with E-state index in [1.165, 1.54) is 11.1 Å². The van der Waals surface area contributed by atoms with E-state index in [0.717, 1.165) is 33.2 Å². The highest BCUT2D eigenvalue weighted by Gasteiger charge is 2.12. The minimum absolute atomic E-state index is 0.754. The summed E-state index contributed by atoms with van der Waals surface area (Å²) in [7, 11) is 0. The van der Waals surface area contributed by atoms with Crippen LogP contribution < -0.4 is 4.90 Å². The van der Waals surface area contributed by atoms with E-state index in [4.69, 9.17) is 11.6 Å². The van der Waals surface area contributed by atoms with Crippen molar-refractivity contribution < 1.29 is 0 Å². The van der Waals surface area contributed by atoms with Crippen molar-refractivity contribution in [2.45, 2.75) is 13.8 Å². The average Bonchev–Trinajstić information content (AvgIpc) is 2.77. The SMILES string of the molecule is Cc1ccc(N(c2ccc(C)cc2)c2ccc(C=Cc3ccc(Cl)cc3)cc2)cc1. The molecule has 2 heteroatoms. The van der Waals surface area contributed by atoms with Crippen LogP contribution in [0.25, 0.3) is 12.2 Å². The first-order valence-electron chi connectivity index (χ1n) is 10.1. The summed E-state index contributed by atoms with van der Waals surface area (Å²) in [6.45, 7) is 4.23. The standard InChI is InChI=1S/C28H24ClN/c1-21-3-15-26(16-4-21)30(27-17-5-22(2)6-18-27)28-19-11-24(12-20-28)8-7-23-9-13-25(29)14-10-23/h3-20H,1-2H3. The fourth-order valence-electron chi connectivity index (χ4n) is 3.34. The first kappa shape index (κ1) is 20.0. The molecule has 0 bridgehead atoms. The Morgan fingerprint density at radius 2 is 0.833 bits per heavy atom. The third-order valence-corrected chi connectivity index (χ3v) is 5.33. The molecule has 4 aromatic rings. The largest absolute Gasteiger partial charge is 0.311 e. The van der Waals surface area contributed by atoms with Gasteiger partial charge in [0, 0.05) is 22.1 Å². The van der Waals surface area contributed by atoms with Crippen molar-refractivity contribution in [3.8, 4) is 0 Å². The Kier molecular flexibility index (Phi) is 6.02. The van der Waals surface area contributed by atoms with Gasteiger partial charge in [-0.2, -0.15) is 0 Å². The Morgan fingerprint density at radius 3 is 1.23 bits per heavy atom. The Hall–Kier alpha value is -3.29. The van der Waals surface area contributed by atoms with Gasteiger partial charge in [0.1, 0.15) is 0 Å². The Labute approximate surface area is 183 Å². The quantitative estimate of drug-likeness (QED) is 0.298. The highest BCUT2D eigenvalue weighted by Crippen LogP contribution is 2.34. The van der Waals surface area contributed by atoms with Crippen molar-refractivity contribution in [2.75, 3.05) is 4.90 Å². The number of rotatable bonds is 5. The molecule has 1 nitrogen and oxygen atoms in total. The molecule has 0 amide bonds. The van der Waals surface area contributed by atoms with Gasteiger partial charge < -0.3 is 4.90 Å². The van der Waals surface area contributed by atoms with Gasteiger partial charge in [0.25, 0.3) is 0 Å². The van der Waals surface area contributed by atoms with E-state index in [9.17, 15) is 0 Å². The number of benzene rings is 4. The van der Waals surface area contributed by atoms with Crippen LogP contribution in [0, 0.1) is 13.8 Å². The zero-order valence-corrected chi connectivity index (χ0v) is 18.0. The second-order valence-electron chi connectivity index (χ2n) is 7.48. The molecule has 0 N–H and O–H groups in total. The fraction of sp³-hybridized carbons (Fsp3) is 0.0714. The number of hydrogen-bond acceptors (Lipinski definition) is 1. The third kappa shape index (κ3) is 4.82. The van der Waals surface area contributed by atoms with E-state index in [1.807, 2.05) is 24.3 Å². The molecule has 0 saturated heterocycles. The summed E-state index contributed by atoms with van der Waals surface area (Å²) >= 11 is 5.97. The van der Waals surface area contributed by atoms with Gasteiger partial charge in [0.2, 0.25) is 0 Å². The molecule has 0 spiro atoms. The predicted octanol–water partition coefficient (Wildman–Crippen LogP) is 8.60. The van der Waals surface area contributed by atoms with E-state index in [0.29, 0.717) is 0 Å². The molecule has 0 aliphatic heterocycles. The number of anilines is 3. The molecular weight excluding hydrogens is 386 g/mol. The Balaban J connectivity index is 1.64. The molecule has 0 fully saturated rings. The smallest absolute Gasteiger partial charge is 0.0462 e. The van der Waals surface area contributed by atoms with Crippen molar-refractivity contribution >= 4 is 40.8 Å². The lowest BCUT2D eigenvalue weighted by atomic mass is 10.1. The first-order chi connectivity index (χ1) is 14.6. The molecule has 4 rings (SSSR count). The van der Waals surface area contributed by atoms with Gasteiger partial charge in [0.15, 0.2) is 0 Å². The van der Waals surface area contributed by atoms with E-state index in [1.54, 1.807) is 0 Å². The summed E-state index contributed by atoms with van der Waals surface area (Å²) in [6.07, 6.45) is 4.22. The Bertz CT molecular complexity index is 1080. The maximum Gasteiger partial charge on any atom is 0.0462 e. The van der Waals surface area contributed by atoms with E-state index < -0.39 is 0 Å². The Morgan fingerprint density at radius 1 is 0.500 bits per heavy atom. The molecule has 0 aliphatic carbocycles. The van der Waals surface area contributed by atoms with E-state index in [-0.39, 0.29) is 0 Å². The van der Waals surface area contributed by atoms with Gasteiger partial charge in [-0.15, -0.1) is 0 Å².